The predicted octanol–water partition coefficient (Wildman–Crippen LogP) is 3.12. The molecular formula is C18H30N2O3. The first-order valence-corrected chi connectivity index (χ1v) is 8.39. The van der Waals surface area contributed by atoms with Crippen LogP contribution in [0.15, 0.2) is 18.2 Å². The summed E-state index contributed by atoms with van der Waals surface area (Å²) >= 11 is 0. The summed E-state index contributed by atoms with van der Waals surface area (Å²) in [6, 6.07) is 5.25. The van der Waals surface area contributed by atoms with Crippen molar-refractivity contribution in [3.63, 3.8) is 0 Å². The molecular weight excluding hydrogens is 292 g/mol. The summed E-state index contributed by atoms with van der Waals surface area (Å²) in [6.45, 7) is 7.23. The van der Waals surface area contributed by atoms with E-state index in [2.05, 4.69) is 12.2 Å². The molecule has 1 amide bonds. The summed E-state index contributed by atoms with van der Waals surface area (Å²) in [5, 5.41) is 3.06. The number of ether oxygens (including phenoxy) is 2. The fraction of sp³-hybridized carbons (Fsp3) is 0.611. The Morgan fingerprint density at radius 2 is 1.91 bits per heavy atom. The molecule has 23 heavy (non-hydrogen) atoms. The van der Waals surface area contributed by atoms with E-state index in [9.17, 15) is 4.79 Å². The molecule has 0 aromatic heterocycles. The number of nitrogens with one attached hydrogen (secondary N) is 1. The highest BCUT2D eigenvalue weighted by Crippen LogP contribution is 2.28. The van der Waals surface area contributed by atoms with Crippen LogP contribution >= 0.6 is 0 Å². The van der Waals surface area contributed by atoms with E-state index in [4.69, 9.17) is 15.2 Å². The minimum absolute atomic E-state index is 0.141. The number of unbranched alkanes of at least 4 members (excludes halogenated alkanes) is 1. The first-order valence-electron chi connectivity index (χ1n) is 8.39. The monoisotopic (exact) mass is 322 g/mol. The zero-order valence-electron chi connectivity index (χ0n) is 14.8. The van der Waals surface area contributed by atoms with Gasteiger partial charge in [0, 0.05) is 12.1 Å². The SMILES string of the molecule is CCCCOc1ccc(C(=O)NC(CC)(CC)CN)cc1OC. The summed E-state index contributed by atoms with van der Waals surface area (Å²) in [5.41, 5.74) is 6.03. The molecule has 0 saturated heterocycles. The number of carbonyl (C=O) groups excluding carboxylic acids is 1. The second kappa shape index (κ2) is 9.40. The molecule has 0 heterocycles. The fourth-order valence-corrected chi connectivity index (χ4v) is 2.33. The zero-order valence-corrected chi connectivity index (χ0v) is 14.8. The third-order valence-corrected chi connectivity index (χ3v) is 4.30. The average molecular weight is 322 g/mol. The number of carbonyl (C=O) groups is 1. The van der Waals surface area contributed by atoms with Gasteiger partial charge in [-0.3, -0.25) is 4.79 Å². The summed E-state index contributed by atoms with van der Waals surface area (Å²) in [4.78, 5) is 12.5. The minimum Gasteiger partial charge on any atom is -0.493 e. The van der Waals surface area contributed by atoms with Crippen molar-refractivity contribution >= 4 is 5.91 Å². The van der Waals surface area contributed by atoms with Crippen molar-refractivity contribution in [1.29, 1.82) is 0 Å². The van der Waals surface area contributed by atoms with E-state index in [-0.39, 0.29) is 11.4 Å². The maximum Gasteiger partial charge on any atom is 0.251 e. The first-order chi connectivity index (χ1) is 11.1. The van der Waals surface area contributed by atoms with Gasteiger partial charge >= 0.3 is 0 Å². The highest BCUT2D eigenvalue weighted by Gasteiger charge is 2.27. The summed E-state index contributed by atoms with van der Waals surface area (Å²) in [6.07, 6.45) is 3.64. The molecule has 0 spiro atoms. The first kappa shape index (κ1) is 19.3. The van der Waals surface area contributed by atoms with E-state index >= 15 is 0 Å². The Balaban J connectivity index is 2.89. The van der Waals surface area contributed by atoms with Crippen LogP contribution in [-0.4, -0.2) is 31.7 Å². The van der Waals surface area contributed by atoms with Gasteiger partial charge in [0.2, 0.25) is 0 Å². The molecule has 0 aliphatic carbocycles. The number of rotatable bonds is 10. The van der Waals surface area contributed by atoms with Gasteiger partial charge in [-0.15, -0.1) is 0 Å². The Kier molecular flexibility index (Phi) is 7.89. The van der Waals surface area contributed by atoms with E-state index in [1.165, 1.54) is 0 Å². The molecule has 1 aromatic carbocycles. The third-order valence-electron chi connectivity index (χ3n) is 4.30. The van der Waals surface area contributed by atoms with Gasteiger partial charge < -0.3 is 20.5 Å². The number of nitrogens with two attached hydrogens (primary N) is 1. The molecule has 130 valence electrons. The number of amides is 1. The third kappa shape index (κ3) is 5.13. The second-order valence-electron chi connectivity index (χ2n) is 5.71. The molecule has 0 fully saturated rings. The molecule has 0 saturated carbocycles. The largest absolute Gasteiger partial charge is 0.493 e. The Hall–Kier alpha value is -1.75. The van der Waals surface area contributed by atoms with Crippen LogP contribution in [0.1, 0.15) is 56.8 Å². The van der Waals surface area contributed by atoms with Gasteiger partial charge in [0.1, 0.15) is 0 Å². The maximum absolute atomic E-state index is 12.5. The van der Waals surface area contributed by atoms with Gasteiger partial charge in [0.05, 0.1) is 19.3 Å². The van der Waals surface area contributed by atoms with E-state index in [0.29, 0.717) is 30.2 Å². The quantitative estimate of drug-likeness (QED) is 0.649. The van der Waals surface area contributed by atoms with Crippen molar-refractivity contribution in [2.24, 2.45) is 5.73 Å². The van der Waals surface area contributed by atoms with Crippen molar-refractivity contribution in [3.8, 4) is 11.5 Å². The lowest BCUT2D eigenvalue weighted by Crippen LogP contribution is -2.52. The van der Waals surface area contributed by atoms with Gasteiger partial charge in [-0.25, -0.2) is 0 Å². The molecule has 1 rings (SSSR count). The van der Waals surface area contributed by atoms with Crippen LogP contribution in [0, 0.1) is 0 Å². The Morgan fingerprint density at radius 3 is 2.43 bits per heavy atom. The second-order valence-corrected chi connectivity index (χ2v) is 5.71. The van der Waals surface area contributed by atoms with Crippen LogP contribution in [0.2, 0.25) is 0 Å². The molecule has 5 heteroatoms. The molecule has 0 bridgehead atoms. The summed E-state index contributed by atoms with van der Waals surface area (Å²) < 4.78 is 11.0. The molecule has 0 unspecified atom stereocenters. The lowest BCUT2D eigenvalue weighted by molar-refractivity contribution is 0.0895. The number of hydrogen-bond donors (Lipinski definition) is 2. The summed E-state index contributed by atoms with van der Waals surface area (Å²) in [5.74, 6) is 1.09. The van der Waals surface area contributed by atoms with E-state index in [1.807, 2.05) is 13.8 Å². The van der Waals surface area contributed by atoms with Crippen molar-refractivity contribution in [2.75, 3.05) is 20.3 Å². The molecule has 0 radical (unpaired) electrons. The fourth-order valence-electron chi connectivity index (χ4n) is 2.33. The van der Waals surface area contributed by atoms with E-state index < -0.39 is 0 Å². The molecule has 1 aromatic rings. The van der Waals surface area contributed by atoms with Crippen molar-refractivity contribution in [3.05, 3.63) is 23.8 Å². The van der Waals surface area contributed by atoms with Crippen LogP contribution in [0.5, 0.6) is 11.5 Å². The molecule has 3 N–H and O–H groups in total. The standard InChI is InChI=1S/C18H30N2O3/c1-5-8-11-23-15-10-9-14(12-16(15)22-4)17(21)20-18(6-2,7-3)13-19/h9-10,12H,5-8,11,13,19H2,1-4H3,(H,20,21). The predicted molar refractivity (Wildman–Crippen MR) is 93.2 cm³/mol. The van der Waals surface area contributed by atoms with Gasteiger partial charge in [0.25, 0.3) is 5.91 Å². The van der Waals surface area contributed by atoms with E-state index in [1.54, 1.807) is 25.3 Å². The van der Waals surface area contributed by atoms with Gasteiger partial charge in [-0.05, 0) is 37.5 Å². The molecule has 0 atom stereocenters. The van der Waals surface area contributed by atoms with Gasteiger partial charge in [-0.1, -0.05) is 27.2 Å². The van der Waals surface area contributed by atoms with E-state index in [0.717, 1.165) is 25.7 Å². The highest BCUT2D eigenvalue weighted by molar-refractivity contribution is 5.95. The van der Waals surface area contributed by atoms with Crippen LogP contribution in [0.3, 0.4) is 0 Å². The maximum atomic E-state index is 12.5. The average Bonchev–Trinajstić information content (AvgIpc) is 2.60. The smallest absolute Gasteiger partial charge is 0.251 e. The molecule has 5 nitrogen and oxygen atoms in total. The number of hydrogen-bond acceptors (Lipinski definition) is 4. The van der Waals surface area contributed by atoms with Crippen molar-refractivity contribution < 1.29 is 14.3 Å². The van der Waals surface area contributed by atoms with Crippen LogP contribution in [-0.2, 0) is 0 Å². The van der Waals surface area contributed by atoms with Crippen molar-refractivity contribution in [2.45, 2.75) is 52.0 Å². The lowest BCUT2D eigenvalue weighted by Gasteiger charge is -2.31. The minimum atomic E-state index is -0.361. The Morgan fingerprint density at radius 1 is 1.22 bits per heavy atom. The Bertz CT molecular complexity index is 491. The summed E-state index contributed by atoms with van der Waals surface area (Å²) in [7, 11) is 1.58. The zero-order chi connectivity index (χ0) is 17.3. The number of benzene rings is 1. The van der Waals surface area contributed by atoms with Crippen LogP contribution in [0.4, 0.5) is 0 Å². The van der Waals surface area contributed by atoms with Crippen LogP contribution in [0.25, 0.3) is 0 Å². The lowest BCUT2D eigenvalue weighted by atomic mass is 9.92. The van der Waals surface area contributed by atoms with Crippen LogP contribution < -0.4 is 20.5 Å². The number of methoxy groups -OCH3 is 1. The normalized spacial score (nSPS) is 11.2. The molecule has 0 aliphatic heterocycles. The van der Waals surface area contributed by atoms with Gasteiger partial charge in [-0.2, -0.15) is 0 Å². The van der Waals surface area contributed by atoms with Crippen molar-refractivity contribution in [1.82, 2.24) is 5.32 Å². The Labute approximate surface area is 139 Å². The molecule has 0 aliphatic rings. The topological polar surface area (TPSA) is 73.6 Å². The van der Waals surface area contributed by atoms with Gasteiger partial charge in [0.15, 0.2) is 11.5 Å². The highest BCUT2D eigenvalue weighted by atomic mass is 16.5.